The second-order valence-corrected chi connectivity index (χ2v) is 8.51. The smallest absolute Gasteiger partial charge is 0.227 e. The minimum atomic E-state index is -0.661. The maximum absolute atomic E-state index is 10.5. The molecule has 0 saturated carbocycles. The molecule has 2 aromatic carbocycles. The SMILES string of the molecule is C#CCOCC(O)CN(Cc1c(C)nn(-c2ccccc2)c1Oc1ccc(Cl)cc1)C(C)C. The summed E-state index contributed by atoms with van der Waals surface area (Å²) in [6, 6.07) is 17.3. The lowest BCUT2D eigenvalue weighted by molar-refractivity contribution is 0.0190. The second kappa shape index (κ2) is 11.9. The van der Waals surface area contributed by atoms with Crippen molar-refractivity contribution >= 4 is 11.6 Å². The zero-order valence-corrected chi connectivity index (χ0v) is 20.0. The molecule has 0 fully saturated rings. The van der Waals surface area contributed by atoms with Gasteiger partial charge in [-0.2, -0.15) is 5.10 Å². The lowest BCUT2D eigenvalue weighted by atomic mass is 10.2. The van der Waals surface area contributed by atoms with Gasteiger partial charge in [-0.1, -0.05) is 35.7 Å². The topological polar surface area (TPSA) is 59.8 Å². The lowest BCUT2D eigenvalue weighted by Crippen LogP contribution is -2.39. The van der Waals surface area contributed by atoms with Gasteiger partial charge >= 0.3 is 0 Å². The number of rotatable bonds is 11. The number of aromatic nitrogens is 2. The van der Waals surface area contributed by atoms with Gasteiger partial charge in [-0.15, -0.1) is 6.42 Å². The number of hydrogen-bond acceptors (Lipinski definition) is 5. The third kappa shape index (κ3) is 6.83. The van der Waals surface area contributed by atoms with Crippen LogP contribution in [0.1, 0.15) is 25.1 Å². The van der Waals surface area contributed by atoms with Gasteiger partial charge in [0.1, 0.15) is 12.4 Å². The van der Waals surface area contributed by atoms with Crippen molar-refractivity contribution in [2.24, 2.45) is 0 Å². The monoisotopic (exact) mass is 467 g/mol. The Morgan fingerprint density at radius 3 is 2.48 bits per heavy atom. The van der Waals surface area contributed by atoms with E-state index in [0.29, 0.717) is 29.7 Å². The molecule has 33 heavy (non-hydrogen) atoms. The van der Waals surface area contributed by atoms with E-state index in [4.69, 9.17) is 32.6 Å². The van der Waals surface area contributed by atoms with Crippen molar-refractivity contribution in [3.8, 4) is 29.7 Å². The average Bonchev–Trinajstić information content (AvgIpc) is 3.10. The van der Waals surface area contributed by atoms with Crippen LogP contribution in [0.4, 0.5) is 0 Å². The molecule has 1 aromatic heterocycles. The molecule has 3 rings (SSSR count). The van der Waals surface area contributed by atoms with Gasteiger partial charge in [-0.3, -0.25) is 4.90 Å². The van der Waals surface area contributed by atoms with Crippen LogP contribution in [0, 0.1) is 19.3 Å². The van der Waals surface area contributed by atoms with Crippen molar-refractivity contribution in [2.45, 2.75) is 39.5 Å². The van der Waals surface area contributed by atoms with Crippen molar-refractivity contribution in [1.29, 1.82) is 0 Å². The van der Waals surface area contributed by atoms with Crippen molar-refractivity contribution in [1.82, 2.24) is 14.7 Å². The summed E-state index contributed by atoms with van der Waals surface area (Å²) in [7, 11) is 0. The third-order valence-corrected chi connectivity index (χ3v) is 5.45. The van der Waals surface area contributed by atoms with E-state index in [2.05, 4.69) is 24.7 Å². The molecule has 0 bridgehead atoms. The molecule has 6 nitrogen and oxygen atoms in total. The molecule has 174 valence electrons. The van der Waals surface area contributed by atoms with E-state index >= 15 is 0 Å². The summed E-state index contributed by atoms with van der Waals surface area (Å²) in [6.45, 7) is 7.49. The second-order valence-electron chi connectivity index (χ2n) is 8.07. The summed E-state index contributed by atoms with van der Waals surface area (Å²) < 4.78 is 13.5. The number of aliphatic hydroxyl groups is 1. The van der Waals surface area contributed by atoms with E-state index in [1.165, 1.54) is 0 Å². The Morgan fingerprint density at radius 1 is 1.15 bits per heavy atom. The normalized spacial score (nSPS) is 12.2. The fourth-order valence-electron chi connectivity index (χ4n) is 3.42. The molecular formula is C26H30ClN3O3. The molecule has 0 aliphatic carbocycles. The molecule has 0 aliphatic heterocycles. The van der Waals surface area contributed by atoms with E-state index in [9.17, 15) is 5.11 Å². The first-order chi connectivity index (χ1) is 15.9. The highest BCUT2D eigenvalue weighted by Gasteiger charge is 2.24. The Morgan fingerprint density at radius 2 is 1.85 bits per heavy atom. The Bertz CT molecular complexity index is 1060. The lowest BCUT2D eigenvalue weighted by Gasteiger charge is -2.28. The average molecular weight is 468 g/mol. The molecule has 0 radical (unpaired) electrons. The number of aryl methyl sites for hydroxylation is 1. The standard InChI is InChI=1S/C26H30ClN3O3/c1-5-15-32-18-23(31)16-29(19(2)3)17-25-20(4)28-30(22-9-7-6-8-10-22)26(25)33-24-13-11-21(27)12-14-24/h1,6-14,19,23,31H,15-18H2,2-4H3. The first kappa shape index (κ1) is 24.8. The van der Waals surface area contributed by atoms with Crippen LogP contribution in [0.25, 0.3) is 5.69 Å². The van der Waals surface area contributed by atoms with Crippen LogP contribution in [-0.4, -0.2) is 51.7 Å². The number of terminal acetylenes is 1. The Labute approximate surface area is 200 Å². The summed E-state index contributed by atoms with van der Waals surface area (Å²) in [4.78, 5) is 2.16. The number of nitrogens with zero attached hydrogens (tertiary/aromatic N) is 3. The summed E-state index contributed by atoms with van der Waals surface area (Å²) in [5.74, 6) is 3.71. The molecule has 0 amide bonds. The van der Waals surface area contributed by atoms with Crippen LogP contribution in [0.3, 0.4) is 0 Å². The minimum absolute atomic E-state index is 0.176. The molecule has 1 heterocycles. The van der Waals surface area contributed by atoms with E-state index in [1.54, 1.807) is 12.1 Å². The zero-order valence-electron chi connectivity index (χ0n) is 19.2. The Kier molecular flexibility index (Phi) is 8.93. The predicted molar refractivity (Wildman–Crippen MR) is 131 cm³/mol. The number of benzene rings is 2. The van der Waals surface area contributed by atoms with Gasteiger partial charge in [0.25, 0.3) is 0 Å². The molecule has 1 N–H and O–H groups in total. The number of para-hydroxylation sites is 1. The van der Waals surface area contributed by atoms with Gasteiger partial charge in [0.2, 0.25) is 5.88 Å². The summed E-state index contributed by atoms with van der Waals surface area (Å²) in [5.41, 5.74) is 2.69. The van der Waals surface area contributed by atoms with E-state index < -0.39 is 6.10 Å². The van der Waals surface area contributed by atoms with Crippen LogP contribution in [0.5, 0.6) is 11.6 Å². The van der Waals surface area contributed by atoms with E-state index in [1.807, 2.05) is 54.1 Å². The van der Waals surface area contributed by atoms with Crippen LogP contribution in [-0.2, 0) is 11.3 Å². The van der Waals surface area contributed by atoms with Crippen LogP contribution < -0.4 is 4.74 Å². The van der Waals surface area contributed by atoms with Crippen molar-refractivity contribution in [2.75, 3.05) is 19.8 Å². The fourth-order valence-corrected chi connectivity index (χ4v) is 3.55. The zero-order chi connectivity index (χ0) is 23.8. The number of ether oxygens (including phenoxy) is 2. The summed E-state index contributed by atoms with van der Waals surface area (Å²) in [6.07, 6.45) is 4.56. The summed E-state index contributed by atoms with van der Waals surface area (Å²) in [5, 5.41) is 15.9. The van der Waals surface area contributed by atoms with E-state index in [0.717, 1.165) is 16.9 Å². The number of halogens is 1. The van der Waals surface area contributed by atoms with Gasteiger partial charge in [0.15, 0.2) is 0 Å². The highest BCUT2D eigenvalue weighted by Crippen LogP contribution is 2.32. The maximum atomic E-state index is 10.5. The van der Waals surface area contributed by atoms with Crippen LogP contribution >= 0.6 is 11.6 Å². The molecule has 1 unspecified atom stereocenters. The predicted octanol–water partition coefficient (Wildman–Crippen LogP) is 4.85. The molecule has 1 atom stereocenters. The van der Waals surface area contributed by atoms with Gasteiger partial charge in [0.05, 0.1) is 29.7 Å². The quantitative estimate of drug-likeness (QED) is 0.323. The molecule has 0 saturated heterocycles. The van der Waals surface area contributed by atoms with Crippen LogP contribution in [0.2, 0.25) is 5.02 Å². The van der Waals surface area contributed by atoms with Crippen molar-refractivity contribution in [3.05, 3.63) is 70.9 Å². The van der Waals surface area contributed by atoms with Crippen LogP contribution in [0.15, 0.2) is 54.6 Å². The number of hydrogen-bond donors (Lipinski definition) is 1. The largest absolute Gasteiger partial charge is 0.439 e. The van der Waals surface area contributed by atoms with Crippen molar-refractivity contribution < 1.29 is 14.6 Å². The highest BCUT2D eigenvalue weighted by molar-refractivity contribution is 6.30. The molecule has 0 spiro atoms. The molecular weight excluding hydrogens is 438 g/mol. The fraction of sp³-hybridized carbons (Fsp3) is 0.346. The summed E-state index contributed by atoms with van der Waals surface area (Å²) >= 11 is 6.05. The first-order valence-corrected chi connectivity index (χ1v) is 11.3. The van der Waals surface area contributed by atoms with Gasteiger partial charge in [0, 0.05) is 24.2 Å². The van der Waals surface area contributed by atoms with Crippen molar-refractivity contribution in [3.63, 3.8) is 0 Å². The molecule has 7 heteroatoms. The minimum Gasteiger partial charge on any atom is -0.439 e. The van der Waals surface area contributed by atoms with Gasteiger partial charge < -0.3 is 14.6 Å². The third-order valence-electron chi connectivity index (χ3n) is 5.20. The molecule has 0 aliphatic rings. The van der Waals surface area contributed by atoms with Gasteiger partial charge in [-0.25, -0.2) is 4.68 Å². The Hall–Kier alpha value is -2.82. The van der Waals surface area contributed by atoms with Gasteiger partial charge in [-0.05, 0) is 57.2 Å². The molecule has 3 aromatic rings. The van der Waals surface area contributed by atoms with E-state index in [-0.39, 0.29) is 19.3 Å². The number of aliphatic hydroxyl groups excluding tert-OH is 1. The highest BCUT2D eigenvalue weighted by atomic mass is 35.5. The maximum Gasteiger partial charge on any atom is 0.227 e. The first-order valence-electron chi connectivity index (χ1n) is 10.9. The Balaban J connectivity index is 1.93.